The SMILES string of the molecule is CCc1c(N)ncc(Oc2cc(OC)ncc2C#CC(C)C)c1N. The van der Waals surface area contributed by atoms with E-state index in [-0.39, 0.29) is 5.92 Å². The van der Waals surface area contributed by atoms with Crippen molar-refractivity contribution in [2.24, 2.45) is 5.92 Å². The molecule has 0 saturated carbocycles. The van der Waals surface area contributed by atoms with Crippen LogP contribution in [0.5, 0.6) is 17.4 Å². The van der Waals surface area contributed by atoms with Crippen LogP contribution in [0.4, 0.5) is 11.5 Å². The number of aromatic nitrogens is 2. The molecule has 6 heteroatoms. The minimum atomic E-state index is 0.231. The summed E-state index contributed by atoms with van der Waals surface area (Å²) in [6.45, 7) is 5.99. The van der Waals surface area contributed by atoms with E-state index < -0.39 is 0 Å². The number of pyridine rings is 2. The fraction of sp³-hybridized carbons (Fsp3) is 0.333. The highest BCUT2D eigenvalue weighted by atomic mass is 16.5. The topological polar surface area (TPSA) is 96.3 Å². The molecule has 0 aliphatic rings. The summed E-state index contributed by atoms with van der Waals surface area (Å²) in [4.78, 5) is 8.32. The lowest BCUT2D eigenvalue weighted by molar-refractivity contribution is 0.392. The largest absolute Gasteiger partial charge is 0.481 e. The van der Waals surface area contributed by atoms with E-state index in [1.165, 1.54) is 6.20 Å². The summed E-state index contributed by atoms with van der Waals surface area (Å²) in [7, 11) is 1.54. The molecule has 2 rings (SSSR count). The number of anilines is 2. The van der Waals surface area contributed by atoms with E-state index in [0.29, 0.717) is 40.9 Å². The molecule has 0 unspecified atom stereocenters. The third kappa shape index (κ3) is 3.87. The predicted molar refractivity (Wildman–Crippen MR) is 95.0 cm³/mol. The summed E-state index contributed by atoms with van der Waals surface area (Å²) in [5.74, 6) is 8.17. The Balaban J connectivity index is 2.47. The maximum Gasteiger partial charge on any atom is 0.216 e. The summed E-state index contributed by atoms with van der Waals surface area (Å²) < 4.78 is 11.1. The maximum absolute atomic E-state index is 6.16. The molecule has 0 bridgehead atoms. The summed E-state index contributed by atoms with van der Waals surface area (Å²) in [6.07, 6.45) is 3.79. The smallest absolute Gasteiger partial charge is 0.216 e. The van der Waals surface area contributed by atoms with Crippen molar-refractivity contribution in [1.29, 1.82) is 0 Å². The van der Waals surface area contributed by atoms with E-state index in [0.717, 1.165) is 5.56 Å². The number of nitrogens with two attached hydrogens (primary N) is 2. The van der Waals surface area contributed by atoms with Crippen LogP contribution in [0.15, 0.2) is 18.5 Å². The van der Waals surface area contributed by atoms with Crippen LogP contribution in [-0.4, -0.2) is 17.1 Å². The van der Waals surface area contributed by atoms with Crippen LogP contribution in [0.25, 0.3) is 0 Å². The summed E-state index contributed by atoms with van der Waals surface area (Å²) >= 11 is 0. The molecule has 2 aromatic heterocycles. The van der Waals surface area contributed by atoms with Gasteiger partial charge in [0.25, 0.3) is 0 Å². The molecular formula is C18H22N4O2. The number of ether oxygens (including phenoxy) is 2. The molecule has 0 spiro atoms. The first-order chi connectivity index (χ1) is 11.5. The van der Waals surface area contributed by atoms with Crippen molar-refractivity contribution < 1.29 is 9.47 Å². The Morgan fingerprint density at radius 1 is 1.17 bits per heavy atom. The maximum atomic E-state index is 6.16. The Bertz CT molecular complexity index is 792. The van der Waals surface area contributed by atoms with Gasteiger partial charge in [-0.05, 0) is 6.42 Å². The first-order valence-corrected chi connectivity index (χ1v) is 7.72. The molecule has 4 N–H and O–H groups in total. The van der Waals surface area contributed by atoms with Crippen LogP contribution >= 0.6 is 0 Å². The van der Waals surface area contributed by atoms with Crippen molar-refractivity contribution in [1.82, 2.24) is 9.97 Å². The van der Waals surface area contributed by atoms with E-state index in [1.807, 2.05) is 20.8 Å². The summed E-state index contributed by atoms with van der Waals surface area (Å²) in [5, 5.41) is 0. The standard InChI is InChI=1S/C18H22N4O2/c1-5-13-17(19)15(10-22-18(13)20)24-14-8-16(23-4)21-9-12(14)7-6-11(2)3/h8-11H,5H2,1-4H3,(H4,19,20,22). The van der Waals surface area contributed by atoms with Crippen LogP contribution in [-0.2, 0) is 6.42 Å². The number of nitrogen functional groups attached to an aromatic ring is 2. The third-order valence-electron chi connectivity index (χ3n) is 3.34. The van der Waals surface area contributed by atoms with Crippen LogP contribution in [0.1, 0.15) is 31.9 Å². The van der Waals surface area contributed by atoms with Crippen LogP contribution in [0, 0.1) is 17.8 Å². The zero-order valence-electron chi connectivity index (χ0n) is 14.4. The predicted octanol–water partition coefficient (Wildman–Crippen LogP) is 3.01. The highest BCUT2D eigenvalue weighted by molar-refractivity contribution is 5.66. The molecule has 126 valence electrons. The zero-order chi connectivity index (χ0) is 17.7. The zero-order valence-corrected chi connectivity index (χ0v) is 14.4. The summed E-state index contributed by atoms with van der Waals surface area (Å²) in [6, 6.07) is 1.67. The van der Waals surface area contributed by atoms with E-state index in [4.69, 9.17) is 20.9 Å². The molecule has 0 aromatic carbocycles. The molecule has 0 atom stereocenters. The molecule has 0 amide bonds. The lowest BCUT2D eigenvalue weighted by Gasteiger charge is -2.14. The average molecular weight is 326 g/mol. The Hall–Kier alpha value is -2.94. The van der Waals surface area contributed by atoms with Gasteiger partial charge in [0, 0.05) is 17.5 Å². The van der Waals surface area contributed by atoms with Gasteiger partial charge >= 0.3 is 0 Å². The van der Waals surface area contributed by atoms with Gasteiger partial charge in [-0.3, -0.25) is 0 Å². The highest BCUT2D eigenvalue weighted by Gasteiger charge is 2.13. The first-order valence-electron chi connectivity index (χ1n) is 7.72. The highest BCUT2D eigenvalue weighted by Crippen LogP contribution is 2.34. The number of hydrogen-bond acceptors (Lipinski definition) is 6. The number of hydrogen-bond donors (Lipinski definition) is 2. The Labute approximate surface area is 142 Å². The van der Waals surface area contributed by atoms with Crippen molar-refractivity contribution in [3.05, 3.63) is 29.6 Å². The molecule has 0 aliphatic carbocycles. The fourth-order valence-electron chi connectivity index (χ4n) is 2.06. The second-order valence-corrected chi connectivity index (χ2v) is 5.50. The molecule has 0 fully saturated rings. The average Bonchev–Trinajstić information content (AvgIpc) is 2.56. The Kier molecular flexibility index (Phi) is 5.48. The Morgan fingerprint density at radius 3 is 2.54 bits per heavy atom. The van der Waals surface area contributed by atoms with Crippen molar-refractivity contribution in [3.8, 4) is 29.2 Å². The second-order valence-electron chi connectivity index (χ2n) is 5.50. The van der Waals surface area contributed by atoms with Crippen LogP contribution in [0.2, 0.25) is 0 Å². The number of nitrogens with zero attached hydrogens (tertiary/aromatic N) is 2. The van der Waals surface area contributed by atoms with Gasteiger partial charge in [0.2, 0.25) is 5.88 Å². The molecule has 24 heavy (non-hydrogen) atoms. The van der Waals surface area contributed by atoms with E-state index >= 15 is 0 Å². The van der Waals surface area contributed by atoms with E-state index in [2.05, 4.69) is 21.8 Å². The minimum absolute atomic E-state index is 0.231. The van der Waals surface area contributed by atoms with Crippen LogP contribution in [0.3, 0.4) is 0 Å². The second kappa shape index (κ2) is 7.55. The van der Waals surface area contributed by atoms with Gasteiger partial charge in [0.1, 0.15) is 11.6 Å². The van der Waals surface area contributed by atoms with Gasteiger partial charge in [-0.2, -0.15) is 0 Å². The molecule has 2 aromatic rings. The molecular weight excluding hydrogens is 304 g/mol. The summed E-state index contributed by atoms with van der Waals surface area (Å²) in [5.41, 5.74) is 13.9. The molecule has 0 radical (unpaired) electrons. The van der Waals surface area contributed by atoms with Crippen molar-refractivity contribution >= 4 is 11.5 Å². The van der Waals surface area contributed by atoms with E-state index in [1.54, 1.807) is 19.4 Å². The van der Waals surface area contributed by atoms with Crippen molar-refractivity contribution in [2.75, 3.05) is 18.6 Å². The monoisotopic (exact) mass is 326 g/mol. The van der Waals surface area contributed by atoms with Crippen LogP contribution < -0.4 is 20.9 Å². The van der Waals surface area contributed by atoms with E-state index in [9.17, 15) is 0 Å². The van der Waals surface area contributed by atoms with Gasteiger partial charge in [0.15, 0.2) is 5.75 Å². The lowest BCUT2D eigenvalue weighted by atomic mass is 10.1. The first kappa shape index (κ1) is 17.4. The molecule has 0 saturated heterocycles. The third-order valence-corrected chi connectivity index (χ3v) is 3.34. The van der Waals surface area contributed by atoms with Gasteiger partial charge in [-0.1, -0.05) is 32.6 Å². The number of methoxy groups -OCH3 is 1. The van der Waals surface area contributed by atoms with Gasteiger partial charge in [-0.15, -0.1) is 0 Å². The molecule has 0 aliphatic heterocycles. The van der Waals surface area contributed by atoms with Crippen molar-refractivity contribution in [3.63, 3.8) is 0 Å². The number of rotatable bonds is 4. The quantitative estimate of drug-likeness (QED) is 0.838. The van der Waals surface area contributed by atoms with Gasteiger partial charge < -0.3 is 20.9 Å². The normalized spacial score (nSPS) is 10.2. The van der Waals surface area contributed by atoms with Gasteiger partial charge in [0.05, 0.1) is 30.8 Å². The Morgan fingerprint density at radius 2 is 1.92 bits per heavy atom. The van der Waals surface area contributed by atoms with Crippen molar-refractivity contribution in [2.45, 2.75) is 27.2 Å². The van der Waals surface area contributed by atoms with Gasteiger partial charge in [-0.25, -0.2) is 9.97 Å². The molecule has 6 nitrogen and oxygen atoms in total. The fourth-order valence-corrected chi connectivity index (χ4v) is 2.06. The lowest BCUT2D eigenvalue weighted by Crippen LogP contribution is -2.04. The minimum Gasteiger partial charge on any atom is -0.481 e. The molecule has 2 heterocycles.